The van der Waals surface area contributed by atoms with Crippen LogP contribution in [0.15, 0.2) is 29.2 Å². The van der Waals surface area contributed by atoms with E-state index in [9.17, 15) is 26.0 Å². The highest BCUT2D eigenvalue weighted by atomic mass is 32.2. The summed E-state index contributed by atoms with van der Waals surface area (Å²) < 4.78 is 85.4. The van der Waals surface area contributed by atoms with Gasteiger partial charge in [0.1, 0.15) is 0 Å². The molecular formula is C16H15F4NO3S. The van der Waals surface area contributed by atoms with Gasteiger partial charge in [-0.15, -0.1) is 0 Å². The monoisotopic (exact) mass is 377 g/mol. The standard InChI is InChI=1S/C16H15F4NO3S/c1-9-4-6-10(7-5-9)8-21(2)25(22,23)16-13(19)11(17)15(24-3)12(18)14(16)20/h4-7H,8H2,1-3H3. The molecule has 4 nitrogen and oxygen atoms in total. The lowest BCUT2D eigenvalue weighted by Gasteiger charge is -2.19. The quantitative estimate of drug-likeness (QED) is 0.593. The van der Waals surface area contributed by atoms with E-state index in [1.165, 1.54) is 0 Å². The maximum absolute atomic E-state index is 14.1. The Morgan fingerprint density at radius 2 is 1.44 bits per heavy atom. The largest absolute Gasteiger partial charge is 0.491 e. The van der Waals surface area contributed by atoms with Crippen molar-refractivity contribution in [2.24, 2.45) is 0 Å². The molecule has 0 unspecified atom stereocenters. The second-order valence-electron chi connectivity index (χ2n) is 5.36. The summed E-state index contributed by atoms with van der Waals surface area (Å²) >= 11 is 0. The predicted molar refractivity (Wildman–Crippen MR) is 82.7 cm³/mol. The highest BCUT2D eigenvalue weighted by Crippen LogP contribution is 2.33. The van der Waals surface area contributed by atoms with Crippen molar-refractivity contribution in [2.75, 3.05) is 14.2 Å². The molecule has 25 heavy (non-hydrogen) atoms. The molecule has 0 saturated carbocycles. The molecule has 2 rings (SSSR count). The zero-order chi connectivity index (χ0) is 18.9. The minimum absolute atomic E-state index is 0.239. The Balaban J connectivity index is 2.50. The lowest BCUT2D eigenvalue weighted by atomic mass is 10.1. The predicted octanol–water partition coefficient (Wildman–Crippen LogP) is 3.38. The van der Waals surface area contributed by atoms with Crippen molar-refractivity contribution in [1.82, 2.24) is 4.31 Å². The van der Waals surface area contributed by atoms with Gasteiger partial charge in [-0.05, 0) is 12.5 Å². The van der Waals surface area contributed by atoms with Crippen molar-refractivity contribution in [1.29, 1.82) is 0 Å². The zero-order valence-electron chi connectivity index (χ0n) is 13.6. The molecule has 0 aromatic heterocycles. The molecule has 0 heterocycles. The highest BCUT2D eigenvalue weighted by molar-refractivity contribution is 7.89. The Labute approximate surface area is 142 Å². The van der Waals surface area contributed by atoms with Gasteiger partial charge in [0.05, 0.1) is 7.11 Å². The fourth-order valence-electron chi connectivity index (χ4n) is 2.19. The number of hydrogen-bond acceptors (Lipinski definition) is 3. The first-order chi connectivity index (χ1) is 11.6. The highest BCUT2D eigenvalue weighted by Gasteiger charge is 2.36. The average Bonchev–Trinajstić information content (AvgIpc) is 2.55. The summed E-state index contributed by atoms with van der Waals surface area (Å²) in [6.45, 7) is 1.59. The summed E-state index contributed by atoms with van der Waals surface area (Å²) in [5.74, 6) is -9.22. The van der Waals surface area contributed by atoms with Gasteiger partial charge < -0.3 is 4.74 Å². The van der Waals surface area contributed by atoms with Crippen molar-refractivity contribution < 1.29 is 30.7 Å². The summed E-state index contributed by atoms with van der Waals surface area (Å²) in [5.41, 5.74) is 1.47. The summed E-state index contributed by atoms with van der Waals surface area (Å²) in [7, 11) is -2.98. The molecule has 2 aromatic rings. The van der Waals surface area contributed by atoms with Crippen LogP contribution in [0.5, 0.6) is 5.75 Å². The third-order valence-corrected chi connectivity index (χ3v) is 5.41. The molecule has 0 N–H and O–H groups in total. The Kier molecular flexibility index (Phi) is 5.38. The number of nitrogens with zero attached hydrogens (tertiary/aromatic N) is 1. The van der Waals surface area contributed by atoms with E-state index >= 15 is 0 Å². The summed E-state index contributed by atoms with van der Waals surface area (Å²) in [6, 6.07) is 6.71. The second-order valence-corrected chi connectivity index (χ2v) is 7.35. The lowest BCUT2D eigenvalue weighted by molar-refractivity contribution is 0.320. The molecule has 0 atom stereocenters. The number of aryl methyl sites for hydroxylation is 1. The Bertz CT molecular complexity index is 870. The fourth-order valence-corrected chi connectivity index (χ4v) is 3.45. The normalized spacial score (nSPS) is 11.8. The Morgan fingerprint density at radius 3 is 1.88 bits per heavy atom. The number of methoxy groups -OCH3 is 1. The molecule has 136 valence electrons. The van der Waals surface area contributed by atoms with Crippen molar-refractivity contribution in [3.05, 3.63) is 58.7 Å². The number of rotatable bonds is 5. The van der Waals surface area contributed by atoms with E-state index in [0.717, 1.165) is 19.7 Å². The third-order valence-electron chi connectivity index (χ3n) is 3.58. The van der Waals surface area contributed by atoms with Gasteiger partial charge in [0, 0.05) is 13.6 Å². The van der Waals surface area contributed by atoms with Crippen molar-refractivity contribution in [3.8, 4) is 5.75 Å². The van der Waals surface area contributed by atoms with E-state index < -0.39 is 43.9 Å². The molecule has 2 aromatic carbocycles. The van der Waals surface area contributed by atoms with Gasteiger partial charge in [0.2, 0.25) is 21.7 Å². The molecular weight excluding hydrogens is 362 g/mol. The maximum atomic E-state index is 14.1. The molecule has 0 fully saturated rings. The van der Waals surface area contributed by atoms with Gasteiger partial charge in [-0.25, -0.2) is 17.2 Å². The molecule has 0 spiro atoms. The number of benzene rings is 2. The lowest BCUT2D eigenvalue weighted by Crippen LogP contribution is -2.29. The van der Waals surface area contributed by atoms with Gasteiger partial charge in [-0.1, -0.05) is 29.8 Å². The van der Waals surface area contributed by atoms with E-state index in [0.29, 0.717) is 9.87 Å². The van der Waals surface area contributed by atoms with Crippen LogP contribution in [0.3, 0.4) is 0 Å². The van der Waals surface area contributed by atoms with Crippen LogP contribution in [0.25, 0.3) is 0 Å². The Morgan fingerprint density at radius 1 is 0.960 bits per heavy atom. The van der Waals surface area contributed by atoms with Crippen LogP contribution in [0, 0.1) is 30.2 Å². The van der Waals surface area contributed by atoms with Crippen LogP contribution >= 0.6 is 0 Å². The molecule has 0 amide bonds. The van der Waals surface area contributed by atoms with Crippen molar-refractivity contribution >= 4 is 10.0 Å². The number of sulfonamides is 1. The molecule has 0 aliphatic heterocycles. The van der Waals surface area contributed by atoms with E-state index in [2.05, 4.69) is 4.74 Å². The first kappa shape index (κ1) is 19.2. The van der Waals surface area contributed by atoms with Crippen LogP contribution in [0.2, 0.25) is 0 Å². The van der Waals surface area contributed by atoms with Crippen LogP contribution in [-0.2, 0) is 16.6 Å². The van der Waals surface area contributed by atoms with Gasteiger partial charge in [0.15, 0.2) is 22.3 Å². The minimum Gasteiger partial charge on any atom is -0.491 e. The van der Waals surface area contributed by atoms with Crippen LogP contribution in [0.4, 0.5) is 17.6 Å². The third kappa shape index (κ3) is 3.47. The molecule has 0 saturated heterocycles. The number of hydrogen-bond donors (Lipinski definition) is 0. The summed E-state index contributed by atoms with van der Waals surface area (Å²) in [5, 5.41) is 0. The first-order valence-corrected chi connectivity index (χ1v) is 8.47. The topological polar surface area (TPSA) is 46.6 Å². The smallest absolute Gasteiger partial charge is 0.249 e. The fraction of sp³-hybridized carbons (Fsp3) is 0.250. The van der Waals surface area contributed by atoms with Crippen LogP contribution < -0.4 is 4.74 Å². The van der Waals surface area contributed by atoms with Crippen LogP contribution in [-0.4, -0.2) is 26.9 Å². The maximum Gasteiger partial charge on any atom is 0.249 e. The molecule has 0 bridgehead atoms. The summed E-state index contributed by atoms with van der Waals surface area (Å²) in [4.78, 5) is -1.70. The van der Waals surface area contributed by atoms with Crippen molar-refractivity contribution in [2.45, 2.75) is 18.4 Å². The summed E-state index contributed by atoms with van der Waals surface area (Å²) in [6.07, 6.45) is 0. The zero-order valence-corrected chi connectivity index (χ0v) is 14.4. The van der Waals surface area contributed by atoms with Crippen LogP contribution in [0.1, 0.15) is 11.1 Å². The van der Waals surface area contributed by atoms with E-state index in [1.807, 2.05) is 6.92 Å². The second kappa shape index (κ2) is 7.01. The average molecular weight is 377 g/mol. The molecule has 0 aliphatic rings. The van der Waals surface area contributed by atoms with Gasteiger partial charge in [0.25, 0.3) is 0 Å². The Hall–Kier alpha value is -2.13. The number of halogens is 4. The van der Waals surface area contributed by atoms with Gasteiger partial charge in [-0.2, -0.15) is 13.1 Å². The van der Waals surface area contributed by atoms with Gasteiger partial charge >= 0.3 is 0 Å². The number of ether oxygens (including phenoxy) is 1. The van der Waals surface area contributed by atoms with E-state index in [4.69, 9.17) is 0 Å². The molecule has 9 heteroatoms. The SMILES string of the molecule is COc1c(F)c(F)c(S(=O)(=O)N(C)Cc2ccc(C)cc2)c(F)c1F. The first-order valence-electron chi connectivity index (χ1n) is 7.03. The van der Waals surface area contributed by atoms with E-state index in [1.54, 1.807) is 24.3 Å². The minimum atomic E-state index is -4.83. The molecule has 0 aliphatic carbocycles. The molecule has 0 radical (unpaired) electrons. The van der Waals surface area contributed by atoms with Gasteiger partial charge in [-0.3, -0.25) is 0 Å². The van der Waals surface area contributed by atoms with E-state index in [-0.39, 0.29) is 6.54 Å². The van der Waals surface area contributed by atoms with Crippen molar-refractivity contribution in [3.63, 3.8) is 0 Å².